The quantitative estimate of drug-likeness (QED) is 0.247. The predicted octanol–water partition coefficient (Wildman–Crippen LogP) is 3.60. The third-order valence-corrected chi connectivity index (χ3v) is 3.13. The summed E-state index contributed by atoms with van der Waals surface area (Å²) in [6.07, 6.45) is 1.75. The van der Waals surface area contributed by atoms with Crippen LogP contribution in [0.25, 0.3) is 0 Å². The Morgan fingerprint density at radius 3 is 2.54 bits per heavy atom. The molecule has 0 radical (unpaired) electrons. The van der Waals surface area contributed by atoms with E-state index in [1.54, 1.807) is 0 Å². The second kappa shape index (κ2) is 14.5. The summed E-state index contributed by atoms with van der Waals surface area (Å²) < 4.78 is 18.4. The highest BCUT2D eigenvalue weighted by molar-refractivity contribution is 14.0. The molecule has 0 spiro atoms. The van der Waals surface area contributed by atoms with E-state index in [9.17, 15) is 4.39 Å². The van der Waals surface area contributed by atoms with E-state index >= 15 is 0 Å². The van der Waals surface area contributed by atoms with Crippen molar-refractivity contribution in [3.63, 3.8) is 0 Å². The van der Waals surface area contributed by atoms with Gasteiger partial charge in [-0.3, -0.25) is 4.99 Å². The average molecular weight is 451 g/mol. The van der Waals surface area contributed by atoms with Gasteiger partial charge in [-0.15, -0.1) is 24.0 Å². The average Bonchev–Trinajstić information content (AvgIpc) is 2.52. The summed E-state index contributed by atoms with van der Waals surface area (Å²) in [6, 6.07) is 6.61. The lowest BCUT2D eigenvalue weighted by Crippen LogP contribution is -2.38. The SMILES string of the molecule is CCNC(=NCCCOCC(C)C)NCCc1ccc(F)cc1.I. The van der Waals surface area contributed by atoms with Crippen LogP contribution >= 0.6 is 24.0 Å². The van der Waals surface area contributed by atoms with Crippen molar-refractivity contribution in [1.29, 1.82) is 0 Å². The Kier molecular flexibility index (Phi) is 13.9. The van der Waals surface area contributed by atoms with Gasteiger partial charge in [0.1, 0.15) is 5.82 Å². The number of nitrogens with zero attached hydrogens (tertiary/aromatic N) is 1. The minimum atomic E-state index is -0.198. The first-order chi connectivity index (χ1) is 11.1. The van der Waals surface area contributed by atoms with Crippen molar-refractivity contribution in [2.24, 2.45) is 10.9 Å². The van der Waals surface area contributed by atoms with Crippen molar-refractivity contribution in [2.45, 2.75) is 33.6 Å². The minimum absolute atomic E-state index is 0. The van der Waals surface area contributed by atoms with E-state index in [2.05, 4.69) is 29.5 Å². The fourth-order valence-electron chi connectivity index (χ4n) is 1.99. The summed E-state index contributed by atoms with van der Waals surface area (Å²) >= 11 is 0. The van der Waals surface area contributed by atoms with Gasteiger partial charge in [0.25, 0.3) is 0 Å². The zero-order valence-electron chi connectivity index (χ0n) is 15.0. The van der Waals surface area contributed by atoms with Gasteiger partial charge < -0.3 is 15.4 Å². The summed E-state index contributed by atoms with van der Waals surface area (Å²) in [5.74, 6) is 1.19. The third kappa shape index (κ3) is 11.6. The Bertz CT molecular complexity index is 452. The van der Waals surface area contributed by atoms with Gasteiger partial charge in [0.05, 0.1) is 0 Å². The fourth-order valence-corrected chi connectivity index (χ4v) is 1.99. The summed E-state index contributed by atoms with van der Waals surface area (Å²) in [5, 5.41) is 6.52. The number of ether oxygens (including phenoxy) is 1. The van der Waals surface area contributed by atoms with Crippen molar-refractivity contribution in [3.05, 3.63) is 35.6 Å². The Hall–Kier alpha value is -0.890. The van der Waals surface area contributed by atoms with Crippen LogP contribution in [0.2, 0.25) is 0 Å². The van der Waals surface area contributed by atoms with E-state index in [1.165, 1.54) is 12.1 Å². The molecule has 0 atom stereocenters. The number of nitrogens with one attached hydrogen (secondary N) is 2. The monoisotopic (exact) mass is 451 g/mol. The molecule has 2 N–H and O–H groups in total. The van der Waals surface area contributed by atoms with Gasteiger partial charge in [-0.05, 0) is 43.4 Å². The highest BCUT2D eigenvalue weighted by Crippen LogP contribution is 2.02. The van der Waals surface area contributed by atoms with Crippen LogP contribution in [0.5, 0.6) is 0 Å². The van der Waals surface area contributed by atoms with Gasteiger partial charge in [-0.25, -0.2) is 4.39 Å². The Balaban J connectivity index is 0.00000529. The summed E-state index contributed by atoms with van der Waals surface area (Å²) in [4.78, 5) is 4.53. The van der Waals surface area contributed by atoms with E-state index in [-0.39, 0.29) is 29.8 Å². The summed E-state index contributed by atoms with van der Waals surface area (Å²) in [6.45, 7) is 10.2. The number of benzene rings is 1. The molecule has 0 bridgehead atoms. The predicted molar refractivity (Wildman–Crippen MR) is 110 cm³/mol. The minimum Gasteiger partial charge on any atom is -0.381 e. The molecule has 0 fully saturated rings. The van der Waals surface area contributed by atoms with Gasteiger partial charge in [0.15, 0.2) is 5.96 Å². The maximum absolute atomic E-state index is 12.9. The highest BCUT2D eigenvalue weighted by atomic mass is 127. The van der Waals surface area contributed by atoms with Crippen molar-refractivity contribution in [2.75, 3.05) is 32.8 Å². The molecule has 0 aromatic heterocycles. The molecule has 1 rings (SSSR count). The number of aliphatic imine (C=N–C) groups is 1. The van der Waals surface area contributed by atoms with Crippen LogP contribution in [0.1, 0.15) is 32.8 Å². The molecular weight excluding hydrogens is 420 g/mol. The first-order valence-corrected chi connectivity index (χ1v) is 8.46. The van der Waals surface area contributed by atoms with Crippen LogP contribution in [0, 0.1) is 11.7 Å². The molecule has 0 saturated carbocycles. The second-order valence-corrected chi connectivity index (χ2v) is 5.89. The molecule has 6 heteroatoms. The zero-order chi connectivity index (χ0) is 16.9. The van der Waals surface area contributed by atoms with Gasteiger partial charge in [0, 0.05) is 32.8 Å². The van der Waals surface area contributed by atoms with Gasteiger partial charge in [0.2, 0.25) is 0 Å². The van der Waals surface area contributed by atoms with Gasteiger partial charge >= 0.3 is 0 Å². The van der Waals surface area contributed by atoms with Crippen LogP contribution in [0.4, 0.5) is 4.39 Å². The lowest BCUT2D eigenvalue weighted by Gasteiger charge is -2.11. The maximum atomic E-state index is 12.9. The van der Waals surface area contributed by atoms with Crippen LogP contribution in [-0.4, -0.2) is 38.8 Å². The van der Waals surface area contributed by atoms with Crippen molar-refractivity contribution in [1.82, 2.24) is 10.6 Å². The molecule has 24 heavy (non-hydrogen) atoms. The van der Waals surface area contributed by atoms with E-state index in [0.717, 1.165) is 57.2 Å². The normalized spacial score (nSPS) is 11.3. The lowest BCUT2D eigenvalue weighted by atomic mass is 10.1. The highest BCUT2D eigenvalue weighted by Gasteiger charge is 1.99. The molecule has 1 aromatic rings. The number of rotatable bonds is 10. The van der Waals surface area contributed by atoms with E-state index in [1.807, 2.05) is 19.1 Å². The second-order valence-electron chi connectivity index (χ2n) is 5.89. The largest absolute Gasteiger partial charge is 0.381 e. The Labute approximate surface area is 162 Å². The Morgan fingerprint density at radius 2 is 1.92 bits per heavy atom. The molecule has 138 valence electrons. The first-order valence-electron chi connectivity index (χ1n) is 8.46. The van der Waals surface area contributed by atoms with Crippen LogP contribution in [-0.2, 0) is 11.2 Å². The molecule has 0 aliphatic heterocycles. The standard InChI is InChI=1S/C18H30FN3O.HI/c1-4-20-18(21-11-5-13-23-14-15(2)3)22-12-10-16-6-8-17(19)9-7-16;/h6-9,15H,4-5,10-14H2,1-3H3,(H2,20,21,22);1H. The molecule has 0 saturated heterocycles. The van der Waals surface area contributed by atoms with E-state index < -0.39 is 0 Å². The van der Waals surface area contributed by atoms with Crippen molar-refractivity contribution >= 4 is 29.9 Å². The summed E-state index contributed by atoms with van der Waals surface area (Å²) in [7, 11) is 0. The molecule has 1 aromatic carbocycles. The summed E-state index contributed by atoms with van der Waals surface area (Å²) in [5.41, 5.74) is 1.11. The van der Waals surface area contributed by atoms with E-state index in [0.29, 0.717) is 5.92 Å². The molecule has 0 aliphatic rings. The van der Waals surface area contributed by atoms with Crippen molar-refractivity contribution < 1.29 is 9.13 Å². The van der Waals surface area contributed by atoms with Crippen LogP contribution in [0.15, 0.2) is 29.3 Å². The van der Waals surface area contributed by atoms with Crippen molar-refractivity contribution in [3.8, 4) is 0 Å². The molecule has 4 nitrogen and oxygen atoms in total. The first kappa shape index (κ1) is 23.1. The van der Waals surface area contributed by atoms with Crippen LogP contribution in [0.3, 0.4) is 0 Å². The molecule has 0 heterocycles. The topological polar surface area (TPSA) is 45.7 Å². The number of guanidine groups is 1. The maximum Gasteiger partial charge on any atom is 0.191 e. The fraction of sp³-hybridized carbons (Fsp3) is 0.611. The van der Waals surface area contributed by atoms with E-state index in [4.69, 9.17) is 4.74 Å². The lowest BCUT2D eigenvalue weighted by molar-refractivity contribution is 0.109. The number of hydrogen-bond donors (Lipinski definition) is 2. The van der Waals surface area contributed by atoms with Crippen LogP contribution < -0.4 is 10.6 Å². The molecule has 0 amide bonds. The smallest absolute Gasteiger partial charge is 0.191 e. The zero-order valence-corrected chi connectivity index (χ0v) is 17.3. The molecular formula is C18H31FIN3O. The molecule has 0 aliphatic carbocycles. The number of halogens is 2. The number of hydrogen-bond acceptors (Lipinski definition) is 2. The molecule has 0 unspecified atom stereocenters. The van der Waals surface area contributed by atoms with Gasteiger partial charge in [-0.2, -0.15) is 0 Å². The van der Waals surface area contributed by atoms with Gasteiger partial charge in [-0.1, -0.05) is 26.0 Å². The Morgan fingerprint density at radius 1 is 1.21 bits per heavy atom. The third-order valence-electron chi connectivity index (χ3n) is 3.13.